The van der Waals surface area contributed by atoms with Gasteiger partial charge >= 0.3 is 0 Å². The van der Waals surface area contributed by atoms with Gasteiger partial charge in [-0.15, -0.1) is 0 Å². The lowest BCUT2D eigenvalue weighted by atomic mass is 10.2. The van der Waals surface area contributed by atoms with Crippen molar-refractivity contribution in [2.45, 2.75) is 6.92 Å². The van der Waals surface area contributed by atoms with Gasteiger partial charge in [-0.3, -0.25) is 14.3 Å². The first-order chi connectivity index (χ1) is 16.7. The zero-order valence-corrected chi connectivity index (χ0v) is 19.8. The Morgan fingerprint density at radius 3 is 2.40 bits per heavy atom. The first-order valence-electron chi connectivity index (χ1n) is 10.2. The molecule has 0 unspecified atom stereocenters. The van der Waals surface area contributed by atoms with E-state index in [1.54, 1.807) is 18.7 Å². The predicted molar refractivity (Wildman–Crippen MR) is 131 cm³/mol. The Bertz CT molecular complexity index is 1420. The van der Waals surface area contributed by atoms with Gasteiger partial charge in [0.15, 0.2) is 23.6 Å². The minimum Gasteiger partial charge on any atom is -0.452 e. The van der Waals surface area contributed by atoms with Gasteiger partial charge in [0.05, 0.1) is 11.4 Å². The Morgan fingerprint density at radius 1 is 1.11 bits per heavy atom. The summed E-state index contributed by atoms with van der Waals surface area (Å²) in [7, 11) is 3.25. The quantitative estimate of drug-likeness (QED) is 0.383. The van der Waals surface area contributed by atoms with E-state index < -0.39 is 11.6 Å². The van der Waals surface area contributed by atoms with E-state index in [9.17, 15) is 18.4 Å². The Morgan fingerprint density at radius 2 is 1.80 bits per heavy atom. The Hall–Kier alpha value is -4.18. The van der Waals surface area contributed by atoms with Crippen LogP contribution >= 0.6 is 11.6 Å². The number of halogens is 3. The number of ether oxygens (including phenoxy) is 1. The van der Waals surface area contributed by atoms with Crippen molar-refractivity contribution in [1.29, 1.82) is 0 Å². The van der Waals surface area contributed by atoms with Crippen molar-refractivity contribution >= 4 is 29.4 Å². The van der Waals surface area contributed by atoms with Crippen molar-refractivity contribution in [1.82, 2.24) is 14.3 Å². The second-order valence-electron chi connectivity index (χ2n) is 7.22. The van der Waals surface area contributed by atoms with Gasteiger partial charge in [0.1, 0.15) is 22.2 Å². The number of anilines is 2. The fourth-order valence-electron chi connectivity index (χ4n) is 3.16. The lowest BCUT2D eigenvalue weighted by Gasteiger charge is -2.11. The van der Waals surface area contributed by atoms with E-state index in [2.05, 4.69) is 10.3 Å². The number of nitrogen functional groups attached to an aromatic ring is 1. The third-order valence-corrected chi connectivity index (χ3v) is 5.49. The van der Waals surface area contributed by atoms with Crippen LogP contribution in [0.15, 0.2) is 59.5 Å². The van der Waals surface area contributed by atoms with Crippen LogP contribution in [-0.4, -0.2) is 27.7 Å². The number of nitrogens with zero attached hydrogens (tertiary/aromatic N) is 3. The summed E-state index contributed by atoms with van der Waals surface area (Å²) in [6.45, 7) is 1.75. The van der Waals surface area contributed by atoms with Crippen molar-refractivity contribution in [2.75, 3.05) is 18.1 Å². The summed E-state index contributed by atoms with van der Waals surface area (Å²) in [5.74, 6) is -1.50. The molecule has 8 nitrogen and oxygen atoms in total. The summed E-state index contributed by atoms with van der Waals surface area (Å²) < 4.78 is 35.6. The monoisotopic (exact) mass is 501 g/mol. The molecule has 4 rings (SSSR count). The topological polar surface area (TPSA) is 104 Å². The highest BCUT2D eigenvalue weighted by Gasteiger charge is 2.15. The Kier molecular flexibility index (Phi) is 7.87. The average Bonchev–Trinajstić information content (AvgIpc) is 3.07. The molecule has 0 aliphatic carbocycles. The number of carbonyl (C=O) groups excluding carboxylic acids is 1. The van der Waals surface area contributed by atoms with Gasteiger partial charge in [-0.2, -0.15) is 0 Å². The molecule has 0 saturated heterocycles. The third kappa shape index (κ3) is 5.33. The van der Waals surface area contributed by atoms with Crippen LogP contribution in [0, 0.1) is 18.6 Å². The Labute approximate surface area is 204 Å². The van der Waals surface area contributed by atoms with Crippen molar-refractivity contribution in [3.8, 4) is 17.2 Å². The fourth-order valence-corrected chi connectivity index (χ4v) is 3.31. The number of rotatable bonds is 5. The molecule has 35 heavy (non-hydrogen) atoms. The van der Waals surface area contributed by atoms with Gasteiger partial charge in [-0.25, -0.2) is 18.4 Å². The number of nitrogens with two attached hydrogens (primary N) is 1. The SMILES string of the molecule is CNc1cc(F)c(Oc2ccnc(N)c2Cl)cc1F.Cc1c(C=O)c(=O)n(-c2ccccc2)n1C. The summed E-state index contributed by atoms with van der Waals surface area (Å²) in [4.78, 5) is 26.5. The van der Waals surface area contributed by atoms with Crippen LogP contribution in [0.3, 0.4) is 0 Å². The zero-order valence-electron chi connectivity index (χ0n) is 19.1. The lowest BCUT2D eigenvalue weighted by Crippen LogP contribution is -2.20. The molecule has 0 spiro atoms. The molecule has 0 saturated carbocycles. The molecule has 0 aliphatic rings. The van der Waals surface area contributed by atoms with E-state index in [0.29, 0.717) is 12.0 Å². The van der Waals surface area contributed by atoms with Gasteiger partial charge in [-0.05, 0) is 19.1 Å². The molecule has 0 atom stereocenters. The maximum atomic E-state index is 13.7. The average molecular weight is 502 g/mol. The number of pyridine rings is 1. The first-order valence-corrected chi connectivity index (χ1v) is 10.6. The fraction of sp³-hybridized carbons (Fsp3) is 0.125. The van der Waals surface area contributed by atoms with E-state index >= 15 is 0 Å². The second-order valence-corrected chi connectivity index (χ2v) is 7.59. The van der Waals surface area contributed by atoms with Gasteiger partial charge < -0.3 is 15.8 Å². The minimum atomic E-state index is -0.725. The summed E-state index contributed by atoms with van der Waals surface area (Å²) in [5.41, 5.74) is 6.88. The predicted octanol–water partition coefficient (Wildman–Crippen LogP) is 4.73. The van der Waals surface area contributed by atoms with Gasteiger partial charge in [0.2, 0.25) is 0 Å². The standard InChI is InChI=1S/C12H10ClF2N3O.C12H12N2O2/c1-17-8-4-7(15)10(5-6(8)14)19-9-2-3-18-12(16)11(9)13;1-9-11(8-15)12(16)14(13(9)2)10-6-4-3-5-7-10/h2-5,17H,1H3,(H2,16,18);3-8H,1-2H3. The van der Waals surface area contributed by atoms with Gasteiger partial charge in [-0.1, -0.05) is 29.8 Å². The van der Waals surface area contributed by atoms with E-state index in [1.165, 1.54) is 24.0 Å². The minimum absolute atomic E-state index is 0.0326. The van der Waals surface area contributed by atoms with Crippen LogP contribution in [-0.2, 0) is 7.05 Å². The number of para-hydroxylation sites is 1. The maximum Gasteiger partial charge on any atom is 0.282 e. The number of carbonyl (C=O) groups is 1. The molecule has 0 amide bonds. The van der Waals surface area contributed by atoms with Crippen LogP contribution in [0.4, 0.5) is 20.3 Å². The first kappa shape index (κ1) is 25.4. The molecule has 2 aromatic heterocycles. The summed E-state index contributed by atoms with van der Waals surface area (Å²) in [6, 6.07) is 12.6. The van der Waals surface area contributed by atoms with Crippen LogP contribution in [0.2, 0.25) is 5.02 Å². The molecule has 0 fully saturated rings. The normalized spacial score (nSPS) is 10.3. The highest BCUT2D eigenvalue weighted by Crippen LogP contribution is 2.34. The van der Waals surface area contributed by atoms with Crippen LogP contribution in [0.5, 0.6) is 11.5 Å². The van der Waals surface area contributed by atoms with Crippen molar-refractivity contribution in [3.63, 3.8) is 0 Å². The number of benzene rings is 2. The smallest absolute Gasteiger partial charge is 0.282 e. The number of aldehydes is 1. The maximum absolute atomic E-state index is 13.7. The summed E-state index contributed by atoms with van der Waals surface area (Å²) in [6.07, 6.45) is 1.96. The molecule has 4 aromatic rings. The van der Waals surface area contributed by atoms with E-state index in [4.69, 9.17) is 22.1 Å². The lowest BCUT2D eigenvalue weighted by molar-refractivity contribution is 0.112. The number of nitrogens with one attached hydrogen (secondary N) is 1. The molecule has 3 N–H and O–H groups in total. The number of aromatic nitrogens is 3. The highest BCUT2D eigenvalue weighted by molar-refractivity contribution is 6.34. The molecular formula is C24H22ClF2N5O3. The van der Waals surface area contributed by atoms with Crippen molar-refractivity contribution in [2.24, 2.45) is 7.05 Å². The largest absolute Gasteiger partial charge is 0.452 e. The van der Waals surface area contributed by atoms with Gasteiger partial charge in [0, 0.05) is 44.2 Å². The molecule has 0 radical (unpaired) electrons. The number of hydrogen-bond donors (Lipinski definition) is 2. The molecule has 182 valence electrons. The van der Waals surface area contributed by atoms with E-state index in [-0.39, 0.29) is 39.1 Å². The van der Waals surface area contributed by atoms with Crippen LogP contribution in [0.1, 0.15) is 16.1 Å². The molecule has 0 aliphatic heterocycles. The third-order valence-electron chi connectivity index (χ3n) is 5.11. The van der Waals surface area contributed by atoms with Crippen LogP contribution < -0.4 is 21.3 Å². The van der Waals surface area contributed by atoms with E-state index in [1.807, 2.05) is 30.3 Å². The second kappa shape index (κ2) is 10.8. The van der Waals surface area contributed by atoms with Gasteiger partial charge in [0.25, 0.3) is 5.56 Å². The van der Waals surface area contributed by atoms with E-state index in [0.717, 1.165) is 17.8 Å². The van der Waals surface area contributed by atoms with Crippen molar-refractivity contribution in [3.05, 3.63) is 93.0 Å². The molecule has 0 bridgehead atoms. The highest BCUT2D eigenvalue weighted by atomic mass is 35.5. The number of hydrogen-bond acceptors (Lipinski definition) is 6. The molecule has 2 aromatic carbocycles. The summed E-state index contributed by atoms with van der Waals surface area (Å²) >= 11 is 5.85. The molecule has 11 heteroatoms. The molecule has 2 heterocycles. The molecular weight excluding hydrogens is 480 g/mol. The Balaban J connectivity index is 0.000000198. The van der Waals surface area contributed by atoms with Crippen molar-refractivity contribution < 1.29 is 18.3 Å². The zero-order chi connectivity index (χ0) is 25.7. The van der Waals surface area contributed by atoms with Crippen LogP contribution in [0.25, 0.3) is 5.69 Å². The summed E-state index contributed by atoms with van der Waals surface area (Å²) in [5, 5.41) is 2.56.